The number of nitrogens with zero attached hydrogens (tertiary/aromatic N) is 2. The maximum Gasteiger partial charge on any atom is 0.336 e. The molecule has 0 aliphatic carbocycles. The van der Waals surface area contributed by atoms with Crippen molar-refractivity contribution >= 4 is 29.0 Å². The van der Waals surface area contributed by atoms with Crippen LogP contribution in [-0.4, -0.2) is 28.2 Å². The minimum absolute atomic E-state index is 0.247. The lowest BCUT2D eigenvalue weighted by atomic mass is 10.1. The summed E-state index contributed by atoms with van der Waals surface area (Å²) in [5.41, 5.74) is 2.73. The van der Waals surface area contributed by atoms with E-state index in [4.69, 9.17) is 4.74 Å². The van der Waals surface area contributed by atoms with Crippen LogP contribution < -0.4 is 4.74 Å². The maximum absolute atomic E-state index is 11.3. The van der Waals surface area contributed by atoms with E-state index in [0.717, 1.165) is 11.1 Å². The van der Waals surface area contributed by atoms with Gasteiger partial charge in [-0.25, -0.2) is 9.78 Å². The molecule has 3 rings (SSSR count). The van der Waals surface area contributed by atoms with Gasteiger partial charge in [-0.1, -0.05) is 18.2 Å². The summed E-state index contributed by atoms with van der Waals surface area (Å²) < 4.78 is 5.02. The molecule has 0 fully saturated rings. The number of ether oxygens (including phenoxy) is 1. The number of hydrogen-bond donors (Lipinski definition) is 1. The number of rotatable bonds is 4. The Balaban J connectivity index is 1.94. The third-order valence-electron chi connectivity index (χ3n) is 3.43. The van der Waals surface area contributed by atoms with Crippen molar-refractivity contribution < 1.29 is 14.6 Å². The van der Waals surface area contributed by atoms with Gasteiger partial charge in [0.1, 0.15) is 0 Å². The Morgan fingerprint density at radius 2 is 1.87 bits per heavy atom. The molecule has 2 aromatic heterocycles. The zero-order valence-corrected chi connectivity index (χ0v) is 12.4. The largest absolute Gasteiger partial charge is 0.481 e. The van der Waals surface area contributed by atoms with Gasteiger partial charge < -0.3 is 9.84 Å². The van der Waals surface area contributed by atoms with Crippen molar-refractivity contribution in [1.82, 2.24) is 9.97 Å². The molecule has 1 N–H and O–H groups in total. The van der Waals surface area contributed by atoms with Crippen molar-refractivity contribution in [1.29, 1.82) is 0 Å². The van der Waals surface area contributed by atoms with Crippen LogP contribution in [0.3, 0.4) is 0 Å². The number of carboxylic acids is 1. The van der Waals surface area contributed by atoms with E-state index in [1.54, 1.807) is 19.4 Å². The van der Waals surface area contributed by atoms with Crippen LogP contribution in [0.4, 0.5) is 0 Å². The summed E-state index contributed by atoms with van der Waals surface area (Å²) in [7, 11) is 1.57. The number of pyridine rings is 2. The Hall–Kier alpha value is -3.21. The first kappa shape index (κ1) is 14.7. The molecule has 0 unspecified atom stereocenters. The van der Waals surface area contributed by atoms with Crippen molar-refractivity contribution in [2.24, 2.45) is 0 Å². The summed E-state index contributed by atoms with van der Waals surface area (Å²) >= 11 is 0. The van der Waals surface area contributed by atoms with Gasteiger partial charge in [0.05, 0.1) is 18.2 Å². The SMILES string of the molecule is COc1ccc(/C=C/c2ccc3nccc(C(=O)O)c3c2)cn1. The van der Waals surface area contributed by atoms with Gasteiger partial charge in [-0.2, -0.15) is 0 Å². The second-order valence-electron chi connectivity index (χ2n) is 4.91. The van der Waals surface area contributed by atoms with Gasteiger partial charge in [0.2, 0.25) is 5.88 Å². The molecule has 0 aliphatic rings. The first-order valence-corrected chi connectivity index (χ1v) is 6.97. The number of aromatic carboxylic acids is 1. The second kappa shape index (κ2) is 6.27. The smallest absolute Gasteiger partial charge is 0.336 e. The number of aromatic nitrogens is 2. The standard InChI is InChI=1S/C18H14N2O3/c1-23-17-7-5-13(11-20-17)3-2-12-4-6-16-15(10-12)14(18(21)22)8-9-19-16/h2-11H,1H3,(H,21,22)/b3-2+. The van der Waals surface area contributed by atoms with Gasteiger partial charge in [0.25, 0.3) is 0 Å². The molecule has 0 radical (unpaired) electrons. The number of carbonyl (C=O) groups is 1. The number of methoxy groups -OCH3 is 1. The maximum atomic E-state index is 11.3. The van der Waals surface area contributed by atoms with Crippen LogP contribution in [0.2, 0.25) is 0 Å². The highest BCUT2D eigenvalue weighted by atomic mass is 16.5. The molecule has 0 amide bonds. The molecule has 0 bridgehead atoms. The van der Waals surface area contributed by atoms with Gasteiger partial charge in [0.15, 0.2) is 0 Å². The molecule has 1 aromatic carbocycles. The topological polar surface area (TPSA) is 72.3 Å². The van der Waals surface area contributed by atoms with Crippen molar-refractivity contribution in [3.8, 4) is 5.88 Å². The second-order valence-corrected chi connectivity index (χ2v) is 4.91. The zero-order chi connectivity index (χ0) is 16.2. The van der Waals surface area contributed by atoms with E-state index >= 15 is 0 Å². The number of carboxylic acid groups (broad SMARTS) is 1. The molecular formula is C18H14N2O3. The minimum atomic E-state index is -0.960. The Kier molecular flexibility index (Phi) is 4.01. The zero-order valence-electron chi connectivity index (χ0n) is 12.4. The van der Waals surface area contributed by atoms with Crippen LogP contribution in [0.1, 0.15) is 21.5 Å². The highest BCUT2D eigenvalue weighted by molar-refractivity contribution is 6.03. The third kappa shape index (κ3) is 3.18. The molecule has 114 valence electrons. The van der Waals surface area contributed by atoms with Crippen LogP contribution in [0, 0.1) is 0 Å². The predicted octanol–water partition coefficient (Wildman–Crippen LogP) is 3.51. The van der Waals surface area contributed by atoms with E-state index in [-0.39, 0.29) is 5.56 Å². The predicted molar refractivity (Wildman–Crippen MR) is 88.4 cm³/mol. The van der Waals surface area contributed by atoms with Crippen LogP contribution in [-0.2, 0) is 0 Å². The molecule has 0 aliphatic heterocycles. The Morgan fingerprint density at radius 3 is 2.57 bits per heavy atom. The minimum Gasteiger partial charge on any atom is -0.481 e. The normalized spacial score (nSPS) is 11.0. The first-order chi connectivity index (χ1) is 11.2. The van der Waals surface area contributed by atoms with Crippen molar-refractivity contribution in [3.05, 3.63) is 65.5 Å². The van der Waals surface area contributed by atoms with E-state index in [1.807, 2.05) is 36.4 Å². The molecule has 0 saturated heterocycles. The number of hydrogen-bond acceptors (Lipinski definition) is 4. The van der Waals surface area contributed by atoms with E-state index in [1.165, 1.54) is 12.3 Å². The highest BCUT2D eigenvalue weighted by Gasteiger charge is 2.08. The van der Waals surface area contributed by atoms with Gasteiger partial charge in [-0.3, -0.25) is 4.98 Å². The molecule has 23 heavy (non-hydrogen) atoms. The molecular weight excluding hydrogens is 292 g/mol. The average molecular weight is 306 g/mol. The number of fused-ring (bicyclic) bond motifs is 1. The van der Waals surface area contributed by atoms with Crippen LogP contribution in [0.15, 0.2) is 48.8 Å². The Labute approximate surface area is 132 Å². The van der Waals surface area contributed by atoms with Crippen LogP contribution in [0.5, 0.6) is 5.88 Å². The van der Waals surface area contributed by atoms with Crippen molar-refractivity contribution in [3.63, 3.8) is 0 Å². The summed E-state index contributed by atoms with van der Waals surface area (Å²) in [5, 5.41) is 9.89. The summed E-state index contributed by atoms with van der Waals surface area (Å²) in [6.07, 6.45) is 7.02. The first-order valence-electron chi connectivity index (χ1n) is 6.97. The quantitative estimate of drug-likeness (QED) is 0.798. The fourth-order valence-corrected chi connectivity index (χ4v) is 2.26. The van der Waals surface area contributed by atoms with Gasteiger partial charge in [-0.05, 0) is 35.4 Å². The van der Waals surface area contributed by atoms with E-state index in [9.17, 15) is 9.90 Å². The van der Waals surface area contributed by atoms with E-state index < -0.39 is 5.97 Å². The molecule has 2 heterocycles. The average Bonchev–Trinajstić information content (AvgIpc) is 2.59. The van der Waals surface area contributed by atoms with Crippen LogP contribution >= 0.6 is 0 Å². The van der Waals surface area contributed by atoms with Gasteiger partial charge in [0, 0.05) is 23.8 Å². The summed E-state index contributed by atoms with van der Waals surface area (Å²) in [5.74, 6) is -0.400. The summed E-state index contributed by atoms with van der Waals surface area (Å²) in [6, 6.07) is 10.7. The Morgan fingerprint density at radius 1 is 1.09 bits per heavy atom. The number of benzene rings is 1. The lowest BCUT2D eigenvalue weighted by Crippen LogP contribution is -1.98. The van der Waals surface area contributed by atoms with Crippen LogP contribution in [0.25, 0.3) is 23.1 Å². The molecule has 5 heteroatoms. The lowest BCUT2D eigenvalue weighted by molar-refractivity contribution is 0.0699. The fraction of sp³-hybridized carbons (Fsp3) is 0.0556. The van der Waals surface area contributed by atoms with Crippen molar-refractivity contribution in [2.75, 3.05) is 7.11 Å². The van der Waals surface area contributed by atoms with E-state index in [2.05, 4.69) is 9.97 Å². The fourth-order valence-electron chi connectivity index (χ4n) is 2.26. The highest BCUT2D eigenvalue weighted by Crippen LogP contribution is 2.20. The molecule has 3 aromatic rings. The lowest BCUT2D eigenvalue weighted by Gasteiger charge is -2.03. The van der Waals surface area contributed by atoms with Gasteiger partial charge >= 0.3 is 5.97 Å². The molecule has 0 atom stereocenters. The molecule has 0 saturated carbocycles. The van der Waals surface area contributed by atoms with E-state index in [0.29, 0.717) is 16.8 Å². The molecule has 0 spiro atoms. The monoisotopic (exact) mass is 306 g/mol. The van der Waals surface area contributed by atoms with Crippen molar-refractivity contribution in [2.45, 2.75) is 0 Å². The summed E-state index contributed by atoms with van der Waals surface area (Å²) in [6.45, 7) is 0. The Bertz CT molecular complexity index is 886. The molecule has 5 nitrogen and oxygen atoms in total. The third-order valence-corrected chi connectivity index (χ3v) is 3.43. The summed E-state index contributed by atoms with van der Waals surface area (Å²) in [4.78, 5) is 19.6. The van der Waals surface area contributed by atoms with Gasteiger partial charge in [-0.15, -0.1) is 0 Å².